The molecule has 0 saturated carbocycles. The van der Waals surface area contributed by atoms with Gasteiger partial charge in [0.15, 0.2) is 0 Å². The smallest absolute Gasteiger partial charge is 0.132 e. The molecule has 1 aromatic heterocycles. The van der Waals surface area contributed by atoms with E-state index in [1.54, 1.807) is 0 Å². The Kier molecular flexibility index (Phi) is 4.51. The number of benzene rings is 1. The van der Waals surface area contributed by atoms with E-state index < -0.39 is 0 Å². The van der Waals surface area contributed by atoms with E-state index >= 15 is 0 Å². The highest BCUT2D eigenvalue weighted by Gasteiger charge is 2.17. The summed E-state index contributed by atoms with van der Waals surface area (Å²) in [6.45, 7) is 13.1. The quantitative estimate of drug-likeness (QED) is 0.817. The van der Waals surface area contributed by atoms with Gasteiger partial charge in [-0.2, -0.15) is 0 Å². The van der Waals surface area contributed by atoms with Crippen molar-refractivity contribution in [3.63, 3.8) is 0 Å². The van der Waals surface area contributed by atoms with Gasteiger partial charge in [-0.1, -0.05) is 58.0 Å². The van der Waals surface area contributed by atoms with Crippen LogP contribution >= 0.6 is 0 Å². The maximum atomic E-state index is 6.31. The molecule has 0 fully saturated rings. The van der Waals surface area contributed by atoms with Gasteiger partial charge in [0.05, 0.1) is 0 Å². The van der Waals surface area contributed by atoms with Crippen molar-refractivity contribution in [1.82, 2.24) is 9.55 Å². The zero-order valence-corrected chi connectivity index (χ0v) is 13.4. The Labute approximate surface area is 127 Å². The summed E-state index contributed by atoms with van der Waals surface area (Å²) in [6, 6.07) is 8.52. The van der Waals surface area contributed by atoms with E-state index in [1.165, 1.54) is 5.56 Å². The first-order chi connectivity index (χ1) is 9.95. The predicted octanol–water partition coefficient (Wildman–Crippen LogP) is 4.57. The molecule has 2 aromatic rings. The highest BCUT2D eigenvalue weighted by Crippen LogP contribution is 2.30. The van der Waals surface area contributed by atoms with Gasteiger partial charge in [0.1, 0.15) is 17.3 Å². The Bertz CT molecular complexity index is 619. The molecule has 0 aliphatic heterocycles. The fraction of sp³-hybridized carbons (Fsp3) is 0.389. The molecule has 3 heteroatoms. The van der Waals surface area contributed by atoms with Gasteiger partial charge >= 0.3 is 0 Å². The summed E-state index contributed by atoms with van der Waals surface area (Å²) in [5, 5.41) is 0. The van der Waals surface area contributed by atoms with Crippen LogP contribution in [0.25, 0.3) is 11.3 Å². The Morgan fingerprint density at radius 3 is 2.24 bits per heavy atom. The maximum absolute atomic E-state index is 6.31. The average molecular weight is 283 g/mol. The minimum atomic E-state index is 0.330. The molecule has 0 aliphatic carbocycles. The van der Waals surface area contributed by atoms with Gasteiger partial charge in [-0.25, -0.2) is 4.98 Å². The molecule has 0 atom stereocenters. The molecule has 0 radical (unpaired) electrons. The second-order valence-electron chi connectivity index (χ2n) is 6.03. The lowest BCUT2D eigenvalue weighted by Crippen LogP contribution is -2.07. The van der Waals surface area contributed by atoms with Crippen molar-refractivity contribution in [2.75, 3.05) is 5.73 Å². The molecular weight excluding hydrogens is 258 g/mol. The molecule has 0 amide bonds. The van der Waals surface area contributed by atoms with Crippen LogP contribution in [0.2, 0.25) is 0 Å². The van der Waals surface area contributed by atoms with Crippen LogP contribution in [0.1, 0.15) is 50.9 Å². The van der Waals surface area contributed by atoms with Crippen LogP contribution in [0.4, 0.5) is 5.82 Å². The van der Waals surface area contributed by atoms with Gasteiger partial charge in [0, 0.05) is 18.0 Å². The first-order valence-corrected chi connectivity index (χ1v) is 7.52. The number of nitrogens with zero attached hydrogens (tertiary/aromatic N) is 2. The van der Waals surface area contributed by atoms with E-state index in [0.717, 1.165) is 22.9 Å². The van der Waals surface area contributed by atoms with Crippen molar-refractivity contribution in [2.24, 2.45) is 0 Å². The molecule has 0 spiro atoms. The third-order valence-corrected chi connectivity index (χ3v) is 3.72. The normalized spacial score (nSPS) is 11.3. The van der Waals surface area contributed by atoms with Crippen LogP contribution in [0.3, 0.4) is 0 Å². The van der Waals surface area contributed by atoms with Crippen molar-refractivity contribution in [2.45, 2.75) is 46.1 Å². The van der Waals surface area contributed by atoms with E-state index in [9.17, 15) is 0 Å². The highest BCUT2D eigenvalue weighted by atomic mass is 15.1. The Balaban J connectivity index is 2.48. The molecule has 0 aliphatic rings. The number of nitrogens with two attached hydrogens (primary N) is 1. The second-order valence-corrected chi connectivity index (χ2v) is 6.03. The molecule has 112 valence electrons. The predicted molar refractivity (Wildman–Crippen MR) is 90.5 cm³/mol. The number of hydrogen-bond donors (Lipinski definition) is 1. The SMILES string of the molecule is C=CCn1c(C(C)C)nc(-c2ccc(C(C)C)cc2)c1N. The highest BCUT2D eigenvalue weighted by molar-refractivity contribution is 5.71. The average Bonchev–Trinajstić information content (AvgIpc) is 2.77. The number of imidazole rings is 1. The topological polar surface area (TPSA) is 43.8 Å². The van der Waals surface area contributed by atoms with E-state index in [2.05, 4.69) is 58.5 Å². The summed E-state index contributed by atoms with van der Waals surface area (Å²) in [5.74, 6) is 2.59. The largest absolute Gasteiger partial charge is 0.383 e. The van der Waals surface area contributed by atoms with Crippen LogP contribution in [-0.2, 0) is 6.54 Å². The lowest BCUT2D eigenvalue weighted by atomic mass is 10.0. The van der Waals surface area contributed by atoms with Gasteiger partial charge in [0.25, 0.3) is 0 Å². The van der Waals surface area contributed by atoms with Crippen molar-refractivity contribution in [1.29, 1.82) is 0 Å². The summed E-state index contributed by atoms with van der Waals surface area (Å²) >= 11 is 0. The zero-order valence-electron chi connectivity index (χ0n) is 13.4. The first kappa shape index (κ1) is 15.4. The second kappa shape index (κ2) is 6.17. The fourth-order valence-corrected chi connectivity index (χ4v) is 2.48. The molecule has 2 rings (SSSR count). The summed E-state index contributed by atoms with van der Waals surface area (Å²) in [5.41, 5.74) is 9.58. The van der Waals surface area contributed by atoms with Crippen LogP contribution in [0.15, 0.2) is 36.9 Å². The summed E-state index contributed by atoms with van der Waals surface area (Å²) in [4.78, 5) is 4.76. The molecule has 0 saturated heterocycles. The minimum Gasteiger partial charge on any atom is -0.383 e. The van der Waals surface area contributed by atoms with E-state index in [0.29, 0.717) is 18.4 Å². The van der Waals surface area contributed by atoms with Crippen molar-refractivity contribution in [3.05, 3.63) is 48.3 Å². The van der Waals surface area contributed by atoms with Crippen LogP contribution in [0.5, 0.6) is 0 Å². The minimum absolute atomic E-state index is 0.330. The van der Waals surface area contributed by atoms with Gasteiger partial charge in [-0.15, -0.1) is 6.58 Å². The van der Waals surface area contributed by atoms with Crippen molar-refractivity contribution < 1.29 is 0 Å². The zero-order chi connectivity index (χ0) is 15.6. The summed E-state index contributed by atoms with van der Waals surface area (Å²) in [7, 11) is 0. The number of anilines is 1. The van der Waals surface area contributed by atoms with Gasteiger partial charge in [0.2, 0.25) is 0 Å². The van der Waals surface area contributed by atoms with Crippen molar-refractivity contribution in [3.8, 4) is 11.3 Å². The van der Waals surface area contributed by atoms with Crippen LogP contribution in [-0.4, -0.2) is 9.55 Å². The molecule has 3 nitrogen and oxygen atoms in total. The molecule has 1 heterocycles. The van der Waals surface area contributed by atoms with E-state index in [1.807, 2.05) is 10.6 Å². The van der Waals surface area contributed by atoms with Crippen LogP contribution < -0.4 is 5.73 Å². The number of hydrogen-bond acceptors (Lipinski definition) is 2. The Morgan fingerprint density at radius 1 is 1.14 bits per heavy atom. The lowest BCUT2D eigenvalue weighted by molar-refractivity contribution is 0.684. The molecule has 21 heavy (non-hydrogen) atoms. The van der Waals surface area contributed by atoms with E-state index in [-0.39, 0.29) is 0 Å². The van der Waals surface area contributed by atoms with Gasteiger partial charge in [-0.3, -0.25) is 0 Å². The molecule has 0 unspecified atom stereocenters. The van der Waals surface area contributed by atoms with Gasteiger partial charge < -0.3 is 10.3 Å². The van der Waals surface area contributed by atoms with Gasteiger partial charge in [-0.05, 0) is 11.5 Å². The van der Waals surface area contributed by atoms with Crippen molar-refractivity contribution >= 4 is 5.82 Å². The third-order valence-electron chi connectivity index (χ3n) is 3.72. The summed E-state index contributed by atoms with van der Waals surface area (Å²) < 4.78 is 2.04. The standard InChI is InChI=1S/C18H25N3/c1-6-11-21-17(19)16(20-18(21)13(4)5)15-9-7-14(8-10-15)12(2)3/h6-10,12-13H,1,11,19H2,2-5H3. The number of aromatic nitrogens is 2. The summed E-state index contributed by atoms with van der Waals surface area (Å²) in [6.07, 6.45) is 1.86. The van der Waals surface area contributed by atoms with Crippen LogP contribution in [0, 0.1) is 0 Å². The number of nitrogen functional groups attached to an aromatic ring is 1. The Morgan fingerprint density at radius 2 is 1.76 bits per heavy atom. The first-order valence-electron chi connectivity index (χ1n) is 7.52. The Hall–Kier alpha value is -2.03. The third kappa shape index (κ3) is 3.02. The number of rotatable bonds is 5. The molecule has 1 aromatic carbocycles. The number of allylic oxidation sites excluding steroid dienone is 1. The molecule has 0 bridgehead atoms. The molecule has 2 N–H and O–H groups in total. The monoisotopic (exact) mass is 283 g/mol. The van der Waals surface area contributed by atoms with E-state index in [4.69, 9.17) is 10.7 Å². The molecular formula is C18H25N3. The maximum Gasteiger partial charge on any atom is 0.132 e. The lowest BCUT2D eigenvalue weighted by Gasteiger charge is -2.09. The fourth-order valence-electron chi connectivity index (χ4n) is 2.48.